The number of benzene rings is 1. The highest BCUT2D eigenvalue weighted by Crippen LogP contribution is 2.00. The predicted molar refractivity (Wildman–Crippen MR) is 79.6 cm³/mol. The lowest BCUT2D eigenvalue weighted by molar-refractivity contribution is 0.112. The van der Waals surface area contributed by atoms with Crippen molar-refractivity contribution in [3.8, 4) is 0 Å². The molecule has 0 aliphatic rings. The fourth-order valence-electron chi connectivity index (χ4n) is 1.04. The topological polar surface area (TPSA) is 132 Å². The third-order valence-corrected chi connectivity index (χ3v) is 1.85. The van der Waals surface area contributed by atoms with Crippen LogP contribution in [0, 0.1) is 10.8 Å². The summed E-state index contributed by atoms with van der Waals surface area (Å²) in [6.45, 7) is 0. The average Bonchev–Trinajstić information content (AvgIpc) is 2.29. The monoisotopic (exact) mass is 304 g/mol. The Hall–Kier alpha value is -2.12. The molecule has 0 fully saturated rings. The third kappa shape index (κ3) is 5.84. The molecule has 0 spiro atoms. The number of hydrogen-bond donors (Lipinski definition) is 4. The molecule has 0 atom stereocenters. The molecule has 6 N–H and O–H groups in total. The lowest BCUT2D eigenvalue weighted by atomic mass is 10.2. The zero-order valence-electron chi connectivity index (χ0n) is 9.74. The summed E-state index contributed by atoms with van der Waals surface area (Å²) in [5.74, 6) is -0.892. The Kier molecular flexibility index (Phi) is 9.00. The lowest BCUT2D eigenvalue weighted by Crippen LogP contribution is -2.41. The number of guanidine groups is 2. The van der Waals surface area contributed by atoms with E-state index in [1.807, 2.05) is 0 Å². The van der Waals surface area contributed by atoms with Crippen molar-refractivity contribution in [1.29, 1.82) is 10.8 Å². The maximum Gasteiger partial charge on any atom is 0.216 e. The Bertz CT molecular complexity index is 459. The lowest BCUT2D eigenvalue weighted by Gasteiger charge is -2.12. The van der Waals surface area contributed by atoms with Gasteiger partial charge in [-0.25, -0.2) is 0 Å². The number of nitrogens with two attached hydrogens (primary N) is 2. The summed E-state index contributed by atoms with van der Waals surface area (Å²) in [5, 5.41) is 18.8. The highest BCUT2D eigenvalue weighted by molar-refractivity contribution is 5.95. The smallest absolute Gasteiger partial charge is 0.216 e. The van der Waals surface area contributed by atoms with Crippen LogP contribution in [0.15, 0.2) is 29.4 Å². The van der Waals surface area contributed by atoms with Gasteiger partial charge in [-0.05, 0) is 5.56 Å². The molecule has 0 saturated heterocycles. The van der Waals surface area contributed by atoms with Gasteiger partial charge in [0, 0.05) is 5.56 Å². The van der Waals surface area contributed by atoms with Crippen LogP contribution in [0.25, 0.3) is 0 Å². The van der Waals surface area contributed by atoms with Gasteiger partial charge in [-0.3, -0.25) is 15.6 Å². The zero-order chi connectivity index (χ0) is 12.8. The Morgan fingerprint density at radius 2 is 1.47 bits per heavy atom. The molecule has 19 heavy (non-hydrogen) atoms. The number of halogens is 2. The predicted octanol–water partition coefficient (Wildman–Crippen LogP) is 0.766. The molecule has 0 aliphatic carbocycles. The second kappa shape index (κ2) is 8.90. The van der Waals surface area contributed by atoms with Gasteiger partial charge < -0.3 is 11.5 Å². The fraction of sp³-hybridized carbons (Fsp3) is 0. The zero-order valence-corrected chi connectivity index (χ0v) is 11.4. The van der Waals surface area contributed by atoms with Gasteiger partial charge in [0.1, 0.15) is 6.29 Å². The minimum atomic E-state index is -0.446. The van der Waals surface area contributed by atoms with Gasteiger partial charge in [-0.15, -0.1) is 24.8 Å². The van der Waals surface area contributed by atoms with Crippen LogP contribution in [-0.2, 0) is 0 Å². The largest absolute Gasteiger partial charge is 0.368 e. The fourth-order valence-corrected chi connectivity index (χ4v) is 1.04. The molecule has 0 aromatic heterocycles. The molecule has 1 aromatic carbocycles. The van der Waals surface area contributed by atoms with Gasteiger partial charge in [0.15, 0.2) is 0 Å². The van der Waals surface area contributed by atoms with Crippen molar-refractivity contribution in [1.82, 2.24) is 5.01 Å². The maximum absolute atomic E-state index is 10.4. The van der Waals surface area contributed by atoms with Gasteiger partial charge in [-0.2, -0.15) is 10.1 Å². The quantitative estimate of drug-likeness (QED) is 0.284. The number of hydrazone groups is 1. The summed E-state index contributed by atoms with van der Waals surface area (Å²) >= 11 is 0. The van der Waals surface area contributed by atoms with Gasteiger partial charge >= 0.3 is 0 Å². The molecule has 0 saturated carbocycles. The molecule has 1 aromatic rings. The molecule has 0 unspecified atom stereocenters. The second-order valence-electron chi connectivity index (χ2n) is 3.11. The summed E-state index contributed by atoms with van der Waals surface area (Å²) in [5.41, 5.74) is 11.6. The summed E-state index contributed by atoms with van der Waals surface area (Å²) < 4.78 is 0. The summed E-state index contributed by atoms with van der Waals surface area (Å²) in [6.07, 6.45) is 2.12. The van der Waals surface area contributed by atoms with Crippen molar-refractivity contribution < 1.29 is 4.79 Å². The molecule has 0 bridgehead atoms. The average molecular weight is 305 g/mol. The van der Waals surface area contributed by atoms with E-state index in [-0.39, 0.29) is 24.8 Å². The van der Waals surface area contributed by atoms with E-state index in [0.717, 1.165) is 11.3 Å². The molecule has 1 rings (SSSR count). The number of rotatable bonds is 3. The van der Waals surface area contributed by atoms with Crippen molar-refractivity contribution in [3.63, 3.8) is 0 Å². The van der Waals surface area contributed by atoms with Crippen molar-refractivity contribution in [3.05, 3.63) is 35.4 Å². The van der Waals surface area contributed by atoms with Gasteiger partial charge in [0.05, 0.1) is 6.21 Å². The first-order chi connectivity index (χ1) is 8.04. The van der Waals surface area contributed by atoms with Crippen molar-refractivity contribution in [2.75, 3.05) is 0 Å². The van der Waals surface area contributed by atoms with E-state index in [0.29, 0.717) is 11.1 Å². The van der Waals surface area contributed by atoms with E-state index in [2.05, 4.69) is 5.10 Å². The van der Waals surface area contributed by atoms with Gasteiger partial charge in [-0.1, -0.05) is 24.3 Å². The van der Waals surface area contributed by atoms with Gasteiger partial charge in [0.2, 0.25) is 11.9 Å². The van der Waals surface area contributed by atoms with E-state index in [9.17, 15) is 4.79 Å². The van der Waals surface area contributed by atoms with E-state index in [1.165, 1.54) is 6.21 Å². The summed E-state index contributed by atoms with van der Waals surface area (Å²) in [6, 6.07) is 6.60. The van der Waals surface area contributed by atoms with Crippen LogP contribution >= 0.6 is 24.8 Å². The number of hydrogen-bond acceptors (Lipinski definition) is 4. The van der Waals surface area contributed by atoms with Crippen LogP contribution in [0.4, 0.5) is 0 Å². The van der Waals surface area contributed by atoms with Crippen LogP contribution in [0.5, 0.6) is 0 Å². The molecule has 104 valence electrons. The first-order valence-corrected chi connectivity index (χ1v) is 4.62. The Morgan fingerprint density at radius 3 is 1.84 bits per heavy atom. The van der Waals surface area contributed by atoms with E-state index in [4.69, 9.17) is 22.3 Å². The molecular formula is C10H14Cl2N6O. The number of nitrogens with zero attached hydrogens (tertiary/aromatic N) is 2. The van der Waals surface area contributed by atoms with E-state index >= 15 is 0 Å². The molecule has 7 nitrogen and oxygen atoms in total. The third-order valence-electron chi connectivity index (χ3n) is 1.85. The van der Waals surface area contributed by atoms with E-state index < -0.39 is 11.9 Å². The molecule has 0 amide bonds. The standard InChI is InChI=1S/C10H12N6O.2ClH/c11-9(12)16(10(13)14)15-5-7-1-3-8(6-17)4-2-7;;/h1-6H,(H3,11,12)(H3,13,14);2*1H/b15-5+;;. The SMILES string of the molecule is Cl.Cl.N=C(N)N(/N=C/c1ccc(C=O)cc1)C(=N)N. The highest BCUT2D eigenvalue weighted by atomic mass is 35.5. The molecule has 9 heteroatoms. The number of nitrogens with one attached hydrogen (secondary N) is 2. The Morgan fingerprint density at radius 1 is 1.05 bits per heavy atom. The van der Waals surface area contributed by atoms with Crippen molar-refractivity contribution in [2.24, 2.45) is 16.6 Å². The maximum atomic E-state index is 10.4. The van der Waals surface area contributed by atoms with Crippen LogP contribution in [0.3, 0.4) is 0 Å². The van der Waals surface area contributed by atoms with Crippen molar-refractivity contribution >= 4 is 49.2 Å². The summed E-state index contributed by atoms with van der Waals surface area (Å²) in [4.78, 5) is 10.4. The number of carbonyl (C=O) groups excluding carboxylic acids is 1. The van der Waals surface area contributed by atoms with Gasteiger partial charge in [0.25, 0.3) is 0 Å². The van der Waals surface area contributed by atoms with Crippen LogP contribution < -0.4 is 11.5 Å². The van der Waals surface area contributed by atoms with Crippen LogP contribution in [0.1, 0.15) is 15.9 Å². The molecular weight excluding hydrogens is 291 g/mol. The number of carbonyl (C=O) groups is 1. The molecule has 0 heterocycles. The minimum Gasteiger partial charge on any atom is -0.368 e. The van der Waals surface area contributed by atoms with Crippen LogP contribution in [-0.4, -0.2) is 29.4 Å². The Balaban J connectivity index is 0. The molecule has 0 radical (unpaired) electrons. The number of aldehydes is 1. The summed E-state index contributed by atoms with van der Waals surface area (Å²) in [7, 11) is 0. The van der Waals surface area contributed by atoms with Crippen molar-refractivity contribution in [2.45, 2.75) is 0 Å². The first kappa shape index (κ1) is 19.2. The van der Waals surface area contributed by atoms with E-state index in [1.54, 1.807) is 24.3 Å². The second-order valence-corrected chi connectivity index (χ2v) is 3.11. The normalized spacial score (nSPS) is 9.05. The highest BCUT2D eigenvalue weighted by Gasteiger charge is 2.06. The minimum absolute atomic E-state index is 0. The molecule has 0 aliphatic heterocycles. The Labute approximate surface area is 122 Å². The van der Waals surface area contributed by atoms with Crippen LogP contribution in [0.2, 0.25) is 0 Å². The first-order valence-electron chi connectivity index (χ1n) is 4.62.